The van der Waals surface area contributed by atoms with Crippen molar-refractivity contribution in [3.05, 3.63) is 103 Å². The van der Waals surface area contributed by atoms with Crippen molar-refractivity contribution < 1.29 is 18.7 Å². The second-order valence-corrected chi connectivity index (χ2v) is 9.32. The van der Waals surface area contributed by atoms with E-state index in [-0.39, 0.29) is 30.1 Å². The molecule has 0 aliphatic carbocycles. The highest BCUT2D eigenvalue weighted by atomic mass is 19.1. The second-order valence-electron chi connectivity index (χ2n) is 9.32. The number of aryl methyl sites for hydroxylation is 1. The first-order valence-electron chi connectivity index (χ1n) is 12.6. The Morgan fingerprint density at radius 1 is 0.921 bits per heavy atom. The highest BCUT2D eigenvalue weighted by Gasteiger charge is 2.39. The molecule has 1 aliphatic heterocycles. The van der Waals surface area contributed by atoms with Gasteiger partial charge in [-0.25, -0.2) is 4.39 Å². The van der Waals surface area contributed by atoms with Gasteiger partial charge < -0.3 is 15.0 Å². The number of halogens is 1. The minimum atomic E-state index is -0.589. The first kappa shape index (κ1) is 25.1. The summed E-state index contributed by atoms with van der Waals surface area (Å²) in [6.07, 6.45) is 5.40. The van der Waals surface area contributed by atoms with Gasteiger partial charge in [0.25, 0.3) is 0 Å². The summed E-state index contributed by atoms with van der Waals surface area (Å²) in [5, 5.41) is 11.0. The van der Waals surface area contributed by atoms with Crippen LogP contribution in [-0.2, 0) is 22.6 Å². The number of hydrogen-bond donors (Lipinski definition) is 1. The molecule has 2 amide bonds. The fourth-order valence-corrected chi connectivity index (χ4v) is 4.68. The van der Waals surface area contributed by atoms with Crippen LogP contribution in [-0.4, -0.2) is 44.3 Å². The predicted molar refractivity (Wildman–Crippen MR) is 140 cm³/mol. The Morgan fingerprint density at radius 3 is 2.26 bits per heavy atom. The van der Waals surface area contributed by atoms with Crippen LogP contribution in [0.5, 0.6) is 11.5 Å². The Balaban J connectivity index is 1.24. The lowest BCUT2D eigenvalue weighted by Crippen LogP contribution is -2.44. The quantitative estimate of drug-likeness (QED) is 0.351. The van der Waals surface area contributed by atoms with Gasteiger partial charge in [0.2, 0.25) is 11.8 Å². The summed E-state index contributed by atoms with van der Waals surface area (Å²) in [6, 6.07) is 22.3. The van der Waals surface area contributed by atoms with E-state index in [0.717, 1.165) is 12.8 Å². The van der Waals surface area contributed by atoms with Crippen LogP contribution >= 0.6 is 0 Å². The van der Waals surface area contributed by atoms with Crippen LogP contribution < -0.4 is 10.1 Å². The highest BCUT2D eigenvalue weighted by Crippen LogP contribution is 2.29. The molecule has 194 valence electrons. The van der Waals surface area contributed by atoms with Crippen molar-refractivity contribution in [3.63, 3.8) is 0 Å². The average molecular weight is 514 g/mol. The van der Waals surface area contributed by atoms with Gasteiger partial charge in [-0.05, 0) is 79.3 Å². The maximum atomic E-state index is 13.3. The number of rotatable bonds is 9. The molecule has 2 unspecified atom stereocenters. The molecule has 0 spiro atoms. The normalized spacial score (nSPS) is 16.8. The van der Waals surface area contributed by atoms with Gasteiger partial charge in [0.1, 0.15) is 29.9 Å². The van der Waals surface area contributed by atoms with Gasteiger partial charge in [-0.3, -0.25) is 9.59 Å². The smallest absolute Gasteiger partial charge is 0.247 e. The van der Waals surface area contributed by atoms with Crippen molar-refractivity contribution in [2.24, 2.45) is 5.92 Å². The number of anilines is 1. The standard InChI is InChI=1S/C29H28FN5O3/c30-23-8-12-25(13-9-23)38-26-14-10-24(11-15-26)33-29(37)27-18-22(7-6-21-4-2-1-3-5-21)19-34(27)28(36)20-35-31-16-17-32-35/h1-5,8-17,22,27H,6-7,18-20H2,(H,33,37). The van der Waals surface area contributed by atoms with Crippen molar-refractivity contribution in [2.45, 2.75) is 31.8 Å². The van der Waals surface area contributed by atoms with E-state index in [1.807, 2.05) is 18.2 Å². The van der Waals surface area contributed by atoms with Crippen molar-refractivity contribution in [1.82, 2.24) is 19.9 Å². The average Bonchev–Trinajstić information content (AvgIpc) is 3.61. The zero-order valence-electron chi connectivity index (χ0n) is 20.7. The van der Waals surface area contributed by atoms with Gasteiger partial charge >= 0.3 is 0 Å². The number of amides is 2. The van der Waals surface area contributed by atoms with Gasteiger partial charge in [-0.2, -0.15) is 15.0 Å². The lowest BCUT2D eigenvalue weighted by molar-refractivity contribution is -0.137. The largest absolute Gasteiger partial charge is 0.457 e. The number of carbonyl (C=O) groups excluding carboxylic acids is 2. The maximum absolute atomic E-state index is 13.3. The monoisotopic (exact) mass is 513 g/mol. The van der Waals surface area contributed by atoms with Crippen LogP contribution in [0.3, 0.4) is 0 Å². The molecule has 9 heteroatoms. The van der Waals surface area contributed by atoms with Crippen molar-refractivity contribution in [2.75, 3.05) is 11.9 Å². The summed E-state index contributed by atoms with van der Waals surface area (Å²) in [4.78, 5) is 29.5. The van der Waals surface area contributed by atoms with Gasteiger partial charge in [0.05, 0.1) is 12.4 Å². The molecule has 1 saturated heterocycles. The second kappa shape index (κ2) is 11.7. The van der Waals surface area contributed by atoms with Crippen molar-refractivity contribution >= 4 is 17.5 Å². The molecular weight excluding hydrogens is 485 g/mol. The third kappa shape index (κ3) is 6.42. The van der Waals surface area contributed by atoms with Crippen LogP contribution in [0.2, 0.25) is 0 Å². The predicted octanol–water partition coefficient (Wildman–Crippen LogP) is 4.70. The number of benzene rings is 3. The van der Waals surface area contributed by atoms with Gasteiger partial charge in [0.15, 0.2) is 0 Å². The van der Waals surface area contributed by atoms with Gasteiger partial charge in [-0.15, -0.1) is 0 Å². The summed E-state index contributed by atoms with van der Waals surface area (Å²) in [7, 11) is 0. The van der Waals surface area contributed by atoms with E-state index in [1.54, 1.807) is 41.3 Å². The molecule has 0 radical (unpaired) electrons. The molecule has 2 heterocycles. The van der Waals surface area contributed by atoms with Crippen LogP contribution in [0.4, 0.5) is 10.1 Å². The molecular formula is C29H28FN5O3. The lowest BCUT2D eigenvalue weighted by atomic mass is 9.97. The number of carbonyl (C=O) groups is 2. The molecule has 1 fully saturated rings. The van der Waals surface area contributed by atoms with Crippen molar-refractivity contribution in [1.29, 1.82) is 0 Å². The number of hydrogen-bond acceptors (Lipinski definition) is 5. The first-order chi connectivity index (χ1) is 18.5. The number of ether oxygens (including phenoxy) is 1. The summed E-state index contributed by atoms with van der Waals surface area (Å²) in [6.45, 7) is 0.493. The van der Waals surface area contributed by atoms with E-state index in [9.17, 15) is 14.0 Å². The summed E-state index contributed by atoms with van der Waals surface area (Å²) < 4.78 is 18.8. The molecule has 0 saturated carbocycles. The fraction of sp³-hybridized carbons (Fsp3) is 0.241. The maximum Gasteiger partial charge on any atom is 0.247 e. The Kier molecular flexibility index (Phi) is 7.73. The summed E-state index contributed by atoms with van der Waals surface area (Å²) in [5.41, 5.74) is 1.83. The Hall–Kier alpha value is -4.53. The number of likely N-dealkylation sites (tertiary alicyclic amines) is 1. The number of aromatic nitrogens is 3. The van der Waals surface area contributed by atoms with Crippen molar-refractivity contribution in [3.8, 4) is 11.5 Å². The minimum absolute atomic E-state index is 0.0163. The van der Waals surface area contributed by atoms with E-state index >= 15 is 0 Å². The fourth-order valence-electron chi connectivity index (χ4n) is 4.68. The zero-order chi connectivity index (χ0) is 26.3. The van der Waals surface area contributed by atoms with Crippen LogP contribution in [0.1, 0.15) is 18.4 Å². The molecule has 4 aromatic rings. The first-order valence-corrected chi connectivity index (χ1v) is 12.6. The third-order valence-corrected chi connectivity index (χ3v) is 6.61. The van der Waals surface area contributed by atoms with Gasteiger partial charge in [0, 0.05) is 12.2 Å². The van der Waals surface area contributed by atoms with Crippen LogP contribution in [0.25, 0.3) is 0 Å². The van der Waals surface area contributed by atoms with Crippen LogP contribution in [0.15, 0.2) is 91.3 Å². The zero-order valence-corrected chi connectivity index (χ0v) is 20.7. The molecule has 38 heavy (non-hydrogen) atoms. The molecule has 1 N–H and O–H groups in total. The topological polar surface area (TPSA) is 89.4 Å². The van der Waals surface area contributed by atoms with E-state index in [1.165, 1.54) is 34.9 Å². The van der Waals surface area contributed by atoms with Gasteiger partial charge in [-0.1, -0.05) is 30.3 Å². The molecule has 2 atom stereocenters. The molecule has 8 nitrogen and oxygen atoms in total. The Morgan fingerprint density at radius 2 is 1.58 bits per heavy atom. The highest BCUT2D eigenvalue weighted by molar-refractivity contribution is 5.97. The van der Waals surface area contributed by atoms with E-state index in [2.05, 4.69) is 27.6 Å². The lowest BCUT2D eigenvalue weighted by Gasteiger charge is -2.23. The van der Waals surface area contributed by atoms with Crippen LogP contribution in [0, 0.1) is 11.7 Å². The molecule has 3 aromatic carbocycles. The van der Waals surface area contributed by atoms with E-state index < -0.39 is 6.04 Å². The Labute approximate surface area is 220 Å². The Bertz CT molecular complexity index is 1350. The van der Waals surface area contributed by atoms with E-state index in [0.29, 0.717) is 30.2 Å². The molecule has 1 aromatic heterocycles. The van der Waals surface area contributed by atoms with E-state index in [4.69, 9.17) is 4.74 Å². The molecule has 5 rings (SSSR count). The SMILES string of the molecule is O=C(Nc1ccc(Oc2ccc(F)cc2)cc1)C1CC(CCc2ccccc2)CN1C(=O)Cn1nccn1. The third-order valence-electron chi connectivity index (χ3n) is 6.61. The molecule has 1 aliphatic rings. The summed E-state index contributed by atoms with van der Waals surface area (Å²) in [5.74, 6) is 0.509. The summed E-state index contributed by atoms with van der Waals surface area (Å²) >= 11 is 0. The minimum Gasteiger partial charge on any atom is -0.457 e. The number of nitrogens with one attached hydrogen (secondary N) is 1. The molecule has 0 bridgehead atoms. The number of nitrogens with zero attached hydrogens (tertiary/aromatic N) is 4.